The van der Waals surface area contributed by atoms with Crippen LogP contribution < -0.4 is 4.73 Å². The first kappa shape index (κ1) is 26.8. The van der Waals surface area contributed by atoms with E-state index >= 15 is 0 Å². The van der Waals surface area contributed by atoms with Gasteiger partial charge in [-0.15, -0.1) is 0 Å². The lowest BCUT2D eigenvalue weighted by Gasteiger charge is -2.17. The standard InChI is InChI=1S/C28H24ClF4NO3/c1-15(35)17-4-2-16(3-5-17)10-25(36)22(12-19-11-20(19)13-30)24-9-6-18(14-34(24)37)26-21(28(32)33)7-8-23(29)27(26)31/h2-9,14,19-20,22,28H,10-13H2,1H3. The summed E-state index contributed by atoms with van der Waals surface area (Å²) in [6, 6.07) is 11.2. The number of rotatable bonds is 10. The van der Waals surface area contributed by atoms with Gasteiger partial charge in [-0.3, -0.25) is 14.0 Å². The van der Waals surface area contributed by atoms with Gasteiger partial charge in [-0.25, -0.2) is 13.2 Å². The summed E-state index contributed by atoms with van der Waals surface area (Å²) in [4.78, 5) is 24.9. The van der Waals surface area contributed by atoms with Crippen LogP contribution in [-0.4, -0.2) is 18.2 Å². The fraction of sp³-hybridized carbons (Fsp3) is 0.321. The Morgan fingerprint density at radius 3 is 2.35 bits per heavy atom. The van der Waals surface area contributed by atoms with Crippen LogP contribution >= 0.6 is 11.6 Å². The molecule has 1 aliphatic carbocycles. The molecule has 0 spiro atoms. The molecular formula is C28H24ClF4NO3. The van der Waals surface area contributed by atoms with Crippen molar-refractivity contribution in [1.82, 2.24) is 0 Å². The number of aromatic nitrogens is 1. The minimum Gasteiger partial charge on any atom is -0.618 e. The summed E-state index contributed by atoms with van der Waals surface area (Å²) in [5, 5.41) is 12.7. The highest BCUT2D eigenvalue weighted by atomic mass is 35.5. The maximum Gasteiger partial charge on any atom is 0.264 e. The molecule has 3 atom stereocenters. The topological polar surface area (TPSA) is 61.1 Å². The maximum absolute atomic E-state index is 14.7. The molecule has 0 saturated heterocycles. The third kappa shape index (κ3) is 5.85. The molecule has 0 amide bonds. The molecule has 1 fully saturated rings. The van der Waals surface area contributed by atoms with Crippen molar-refractivity contribution in [2.45, 2.75) is 38.5 Å². The van der Waals surface area contributed by atoms with E-state index in [4.69, 9.17) is 11.6 Å². The lowest BCUT2D eigenvalue weighted by Crippen LogP contribution is -2.36. The van der Waals surface area contributed by atoms with Gasteiger partial charge in [-0.1, -0.05) is 41.9 Å². The minimum atomic E-state index is -3.00. The molecule has 194 valence electrons. The summed E-state index contributed by atoms with van der Waals surface area (Å²) in [6.45, 7) is 0.919. The monoisotopic (exact) mass is 533 g/mol. The second kappa shape index (κ2) is 11.0. The molecule has 37 heavy (non-hydrogen) atoms. The van der Waals surface area contributed by atoms with Crippen LogP contribution in [-0.2, 0) is 11.2 Å². The highest BCUT2D eigenvalue weighted by Crippen LogP contribution is 2.45. The molecule has 1 saturated carbocycles. The van der Waals surface area contributed by atoms with Crippen LogP contribution in [0.3, 0.4) is 0 Å². The Hall–Kier alpha value is -3.26. The second-order valence-electron chi connectivity index (χ2n) is 9.39. The third-order valence-corrected chi connectivity index (χ3v) is 7.18. The number of hydrogen-bond donors (Lipinski definition) is 0. The molecule has 4 rings (SSSR count). The van der Waals surface area contributed by atoms with Crippen molar-refractivity contribution in [1.29, 1.82) is 0 Å². The zero-order valence-electron chi connectivity index (χ0n) is 19.9. The first-order valence-corrected chi connectivity index (χ1v) is 12.2. The van der Waals surface area contributed by atoms with Crippen molar-refractivity contribution in [2.24, 2.45) is 11.8 Å². The smallest absolute Gasteiger partial charge is 0.264 e. The van der Waals surface area contributed by atoms with E-state index in [1.807, 2.05) is 0 Å². The van der Waals surface area contributed by atoms with Gasteiger partial charge in [0.25, 0.3) is 6.43 Å². The number of benzene rings is 2. The Kier molecular flexibility index (Phi) is 7.97. The zero-order valence-corrected chi connectivity index (χ0v) is 20.7. The van der Waals surface area contributed by atoms with Crippen molar-refractivity contribution in [3.8, 4) is 11.1 Å². The van der Waals surface area contributed by atoms with E-state index in [-0.39, 0.29) is 52.5 Å². The zero-order chi connectivity index (χ0) is 26.9. The number of hydrogen-bond acceptors (Lipinski definition) is 3. The van der Waals surface area contributed by atoms with Crippen molar-refractivity contribution in [3.63, 3.8) is 0 Å². The van der Waals surface area contributed by atoms with Gasteiger partial charge in [0, 0.05) is 29.2 Å². The Labute approximate surface area is 216 Å². The average molecular weight is 534 g/mol. The fourth-order valence-corrected chi connectivity index (χ4v) is 4.80. The average Bonchev–Trinajstić information content (AvgIpc) is 3.62. The van der Waals surface area contributed by atoms with Gasteiger partial charge in [0.1, 0.15) is 11.7 Å². The Balaban J connectivity index is 1.67. The highest BCUT2D eigenvalue weighted by molar-refractivity contribution is 6.31. The number of carbonyl (C=O) groups excluding carboxylic acids is 2. The summed E-state index contributed by atoms with van der Waals surface area (Å²) in [7, 11) is 0. The van der Waals surface area contributed by atoms with Crippen molar-refractivity contribution in [3.05, 3.63) is 93.2 Å². The number of pyridine rings is 1. The number of ketones is 2. The van der Waals surface area contributed by atoms with Crippen LogP contribution in [0.4, 0.5) is 17.6 Å². The molecular weight excluding hydrogens is 510 g/mol. The van der Waals surface area contributed by atoms with E-state index in [1.165, 1.54) is 19.1 Å². The number of carbonyl (C=O) groups is 2. The molecule has 1 aromatic heterocycles. The Morgan fingerprint density at radius 2 is 1.78 bits per heavy atom. The SMILES string of the molecule is CC(=O)c1ccc(CC(=O)C(CC2CC2CF)c2ccc(-c3c(C(F)F)ccc(Cl)c3F)c[n+]2[O-])cc1. The van der Waals surface area contributed by atoms with Gasteiger partial charge < -0.3 is 5.21 Å². The lowest BCUT2D eigenvalue weighted by molar-refractivity contribution is -0.614. The third-order valence-electron chi connectivity index (χ3n) is 6.89. The Bertz CT molecular complexity index is 1330. The number of halogens is 5. The number of nitrogens with zero attached hydrogens (tertiary/aromatic N) is 1. The van der Waals surface area contributed by atoms with Crippen LogP contribution in [0.25, 0.3) is 11.1 Å². The van der Waals surface area contributed by atoms with Gasteiger partial charge in [0.05, 0.1) is 17.3 Å². The van der Waals surface area contributed by atoms with E-state index in [2.05, 4.69) is 0 Å². The van der Waals surface area contributed by atoms with Gasteiger partial charge in [0.15, 0.2) is 17.8 Å². The molecule has 1 aliphatic rings. The molecule has 9 heteroatoms. The van der Waals surface area contributed by atoms with Crippen molar-refractivity contribution >= 4 is 23.2 Å². The van der Waals surface area contributed by atoms with Gasteiger partial charge >= 0.3 is 0 Å². The van der Waals surface area contributed by atoms with E-state index in [1.54, 1.807) is 24.3 Å². The molecule has 0 bridgehead atoms. The summed E-state index contributed by atoms with van der Waals surface area (Å²) in [6.07, 6.45) is -1.20. The molecule has 1 heterocycles. The summed E-state index contributed by atoms with van der Waals surface area (Å²) < 4.78 is 55.3. The van der Waals surface area contributed by atoms with Crippen molar-refractivity contribution in [2.75, 3.05) is 6.67 Å². The van der Waals surface area contributed by atoms with Crippen LogP contribution in [0.2, 0.25) is 5.02 Å². The minimum absolute atomic E-state index is 0.0178. The first-order valence-electron chi connectivity index (χ1n) is 11.8. The molecule has 3 aromatic rings. The highest BCUT2D eigenvalue weighted by Gasteiger charge is 2.42. The van der Waals surface area contributed by atoms with Crippen LogP contribution in [0.5, 0.6) is 0 Å². The van der Waals surface area contributed by atoms with Gasteiger partial charge in [-0.2, -0.15) is 4.73 Å². The molecule has 0 aliphatic heterocycles. The largest absolute Gasteiger partial charge is 0.618 e. The molecule has 2 aromatic carbocycles. The summed E-state index contributed by atoms with van der Waals surface area (Å²) in [5.41, 5.74) is 0.0232. The van der Waals surface area contributed by atoms with Crippen LogP contribution in [0.1, 0.15) is 59.3 Å². The quantitative estimate of drug-likeness (QED) is 0.124. The predicted octanol–water partition coefficient (Wildman–Crippen LogP) is 6.81. The van der Waals surface area contributed by atoms with E-state index in [0.29, 0.717) is 22.3 Å². The van der Waals surface area contributed by atoms with Gasteiger partial charge in [0.2, 0.25) is 5.69 Å². The Morgan fingerprint density at radius 1 is 1.08 bits per heavy atom. The van der Waals surface area contributed by atoms with E-state index in [0.717, 1.165) is 18.3 Å². The molecule has 4 nitrogen and oxygen atoms in total. The molecule has 0 N–H and O–H groups in total. The molecule has 3 unspecified atom stereocenters. The van der Waals surface area contributed by atoms with E-state index < -0.39 is 36.0 Å². The number of alkyl halides is 3. The second-order valence-corrected chi connectivity index (χ2v) is 9.80. The van der Waals surface area contributed by atoms with Crippen LogP contribution in [0.15, 0.2) is 54.7 Å². The summed E-state index contributed by atoms with van der Waals surface area (Å²) in [5.74, 6) is -2.56. The maximum atomic E-state index is 14.7. The van der Waals surface area contributed by atoms with Crippen molar-refractivity contribution < 1.29 is 31.9 Å². The predicted molar refractivity (Wildman–Crippen MR) is 131 cm³/mol. The fourth-order valence-electron chi connectivity index (χ4n) is 4.64. The first-order chi connectivity index (χ1) is 17.6. The molecule has 0 radical (unpaired) electrons. The van der Waals surface area contributed by atoms with E-state index in [9.17, 15) is 32.4 Å². The lowest BCUT2D eigenvalue weighted by atomic mass is 9.88. The number of Topliss-reactive ketones (excluding diaryl/α,β-unsaturated/α-hetero) is 2. The normalized spacial score (nSPS) is 17.6. The van der Waals surface area contributed by atoms with Gasteiger partial charge in [-0.05, 0) is 49.3 Å². The summed E-state index contributed by atoms with van der Waals surface area (Å²) >= 11 is 5.80. The van der Waals surface area contributed by atoms with Crippen LogP contribution in [0, 0.1) is 22.9 Å².